The van der Waals surface area contributed by atoms with Crippen LogP contribution in [0.5, 0.6) is 5.75 Å². The van der Waals surface area contributed by atoms with Crippen molar-refractivity contribution in [2.75, 3.05) is 11.3 Å². The van der Waals surface area contributed by atoms with Crippen molar-refractivity contribution in [2.24, 2.45) is 0 Å². The van der Waals surface area contributed by atoms with E-state index >= 15 is 0 Å². The Kier molecular flexibility index (Phi) is 7.96. The molecule has 0 heterocycles. The summed E-state index contributed by atoms with van der Waals surface area (Å²) in [7, 11) is -4.24. The molecule has 0 atom stereocenters. The first-order valence-corrected chi connectivity index (χ1v) is 11.8. The molecule has 0 saturated carbocycles. The summed E-state index contributed by atoms with van der Waals surface area (Å²) in [4.78, 5) is 11.7. The zero-order valence-electron chi connectivity index (χ0n) is 17.2. The summed E-state index contributed by atoms with van der Waals surface area (Å²) < 4.78 is 71.1. The van der Waals surface area contributed by atoms with Crippen molar-refractivity contribution in [1.29, 1.82) is 0 Å². The quantitative estimate of drug-likeness (QED) is 0.400. The number of benzene rings is 3. The highest BCUT2D eigenvalue weighted by atomic mass is 35.5. The van der Waals surface area contributed by atoms with E-state index in [1.54, 1.807) is 24.3 Å². The minimum absolute atomic E-state index is 0.0487. The van der Waals surface area contributed by atoms with E-state index in [4.69, 9.17) is 27.9 Å². The SMILES string of the molecule is O=C(COc1ccc(S(=O)(=O)Nc2cccc(C(F)(F)F)c2)cc1Cl)NCc1ccccc1Cl. The van der Waals surface area contributed by atoms with Crippen LogP contribution >= 0.6 is 23.2 Å². The number of ether oxygens (including phenoxy) is 1. The number of sulfonamides is 1. The molecule has 0 aliphatic carbocycles. The predicted octanol–water partition coefficient (Wildman–Crippen LogP) is 5.51. The minimum Gasteiger partial charge on any atom is -0.482 e. The van der Waals surface area contributed by atoms with Gasteiger partial charge in [-0.3, -0.25) is 9.52 Å². The van der Waals surface area contributed by atoms with Crippen molar-refractivity contribution in [3.8, 4) is 5.75 Å². The van der Waals surface area contributed by atoms with Gasteiger partial charge in [0.25, 0.3) is 15.9 Å². The molecule has 0 aromatic heterocycles. The number of anilines is 1. The number of amides is 1. The van der Waals surface area contributed by atoms with Crippen molar-refractivity contribution in [2.45, 2.75) is 17.6 Å². The highest BCUT2D eigenvalue weighted by molar-refractivity contribution is 7.92. The summed E-state index contributed by atoms with van der Waals surface area (Å²) in [6.45, 7) is -0.202. The van der Waals surface area contributed by atoms with Gasteiger partial charge in [-0.1, -0.05) is 47.5 Å². The summed E-state index contributed by atoms with van der Waals surface area (Å²) in [5.41, 5.74) is -0.540. The number of hydrogen-bond donors (Lipinski definition) is 2. The second-order valence-corrected chi connectivity index (χ2v) is 9.43. The van der Waals surface area contributed by atoms with Crippen LogP contribution in [0.3, 0.4) is 0 Å². The van der Waals surface area contributed by atoms with Crippen LogP contribution < -0.4 is 14.8 Å². The van der Waals surface area contributed by atoms with Crippen LogP contribution in [0.15, 0.2) is 71.6 Å². The minimum atomic E-state index is -4.62. The maximum absolute atomic E-state index is 12.9. The largest absolute Gasteiger partial charge is 0.482 e. The molecule has 3 rings (SSSR count). The Morgan fingerprint density at radius 2 is 1.68 bits per heavy atom. The van der Waals surface area contributed by atoms with Crippen molar-refractivity contribution in [3.63, 3.8) is 0 Å². The standard InChI is InChI=1S/C22H17Cl2F3N2O4S/c23-18-7-2-1-4-14(18)12-28-21(30)13-33-20-9-8-17(11-19(20)24)34(31,32)29-16-6-3-5-15(10-16)22(25,26)27/h1-11,29H,12-13H2,(H,28,30). The Balaban J connectivity index is 1.62. The van der Waals surface area contributed by atoms with Crippen molar-refractivity contribution < 1.29 is 31.1 Å². The second-order valence-electron chi connectivity index (χ2n) is 6.93. The summed E-state index contributed by atoms with van der Waals surface area (Å²) in [6.07, 6.45) is -4.62. The van der Waals surface area contributed by atoms with Crippen LogP contribution in [0.25, 0.3) is 0 Å². The van der Waals surface area contributed by atoms with Crippen LogP contribution in [0.4, 0.5) is 18.9 Å². The number of carbonyl (C=O) groups excluding carboxylic acids is 1. The lowest BCUT2D eigenvalue weighted by atomic mass is 10.2. The first-order chi connectivity index (χ1) is 16.0. The Hall–Kier alpha value is -2.95. The van der Waals surface area contributed by atoms with Gasteiger partial charge >= 0.3 is 6.18 Å². The molecular weight excluding hydrogens is 516 g/mol. The molecule has 3 aromatic carbocycles. The smallest absolute Gasteiger partial charge is 0.416 e. The first-order valence-electron chi connectivity index (χ1n) is 9.58. The predicted molar refractivity (Wildman–Crippen MR) is 122 cm³/mol. The third kappa shape index (κ3) is 6.78. The number of hydrogen-bond acceptors (Lipinski definition) is 4. The molecule has 1 amide bonds. The van der Waals surface area contributed by atoms with Crippen LogP contribution in [0, 0.1) is 0 Å². The van der Waals surface area contributed by atoms with Crippen molar-refractivity contribution in [3.05, 3.63) is 87.9 Å². The van der Waals surface area contributed by atoms with E-state index in [1.165, 1.54) is 12.1 Å². The number of halogens is 5. The average molecular weight is 533 g/mol. The molecule has 3 aromatic rings. The Labute approximate surface area is 203 Å². The number of alkyl halides is 3. The molecule has 2 N–H and O–H groups in total. The van der Waals surface area contributed by atoms with Crippen molar-refractivity contribution in [1.82, 2.24) is 5.32 Å². The lowest BCUT2D eigenvalue weighted by molar-refractivity contribution is -0.137. The Bertz CT molecular complexity index is 1300. The molecule has 0 aliphatic heterocycles. The fraction of sp³-hybridized carbons (Fsp3) is 0.136. The number of rotatable bonds is 8. The third-order valence-electron chi connectivity index (χ3n) is 4.45. The highest BCUT2D eigenvalue weighted by Crippen LogP contribution is 2.32. The van der Waals surface area contributed by atoms with Gasteiger partial charge in [0.2, 0.25) is 0 Å². The maximum Gasteiger partial charge on any atom is 0.416 e. The maximum atomic E-state index is 12.9. The van der Waals surface area contributed by atoms with Gasteiger partial charge in [-0.15, -0.1) is 0 Å². The molecule has 180 valence electrons. The van der Waals surface area contributed by atoms with E-state index in [2.05, 4.69) is 10.0 Å². The van der Waals surface area contributed by atoms with Gasteiger partial charge in [-0.2, -0.15) is 13.2 Å². The zero-order valence-corrected chi connectivity index (χ0v) is 19.5. The topological polar surface area (TPSA) is 84.5 Å². The number of nitrogens with one attached hydrogen (secondary N) is 2. The molecule has 34 heavy (non-hydrogen) atoms. The van der Waals surface area contributed by atoms with Crippen LogP contribution in [-0.4, -0.2) is 20.9 Å². The molecule has 12 heteroatoms. The lowest BCUT2D eigenvalue weighted by Crippen LogP contribution is -2.28. The monoisotopic (exact) mass is 532 g/mol. The molecule has 0 aliphatic rings. The Morgan fingerprint density at radius 3 is 2.35 bits per heavy atom. The molecule has 0 spiro atoms. The fourth-order valence-electron chi connectivity index (χ4n) is 2.77. The van der Waals surface area contributed by atoms with E-state index in [9.17, 15) is 26.4 Å². The zero-order chi connectivity index (χ0) is 24.9. The highest BCUT2D eigenvalue weighted by Gasteiger charge is 2.30. The van der Waals surface area contributed by atoms with E-state index in [0.717, 1.165) is 29.8 Å². The summed E-state index contributed by atoms with van der Waals surface area (Å²) in [5.74, 6) is -0.411. The van der Waals surface area contributed by atoms with Gasteiger partial charge in [0.05, 0.1) is 15.5 Å². The van der Waals surface area contributed by atoms with Crippen LogP contribution in [-0.2, 0) is 27.5 Å². The van der Waals surface area contributed by atoms with E-state index in [-0.39, 0.29) is 27.9 Å². The van der Waals surface area contributed by atoms with Gasteiger partial charge in [0.15, 0.2) is 6.61 Å². The van der Waals surface area contributed by atoms with Crippen LogP contribution in [0.2, 0.25) is 10.0 Å². The summed E-state index contributed by atoms with van der Waals surface area (Å²) in [6, 6.07) is 14.2. The van der Waals surface area contributed by atoms with Gasteiger partial charge < -0.3 is 10.1 Å². The average Bonchev–Trinajstić information content (AvgIpc) is 2.77. The molecule has 0 unspecified atom stereocenters. The second kappa shape index (κ2) is 10.5. The van der Waals surface area contributed by atoms with Gasteiger partial charge in [-0.05, 0) is 48.0 Å². The summed E-state index contributed by atoms with van der Waals surface area (Å²) in [5, 5.41) is 3.03. The molecule has 0 bridgehead atoms. The third-order valence-corrected chi connectivity index (χ3v) is 6.49. The van der Waals surface area contributed by atoms with Gasteiger partial charge in [0, 0.05) is 17.3 Å². The van der Waals surface area contributed by atoms with E-state index in [0.29, 0.717) is 11.1 Å². The van der Waals surface area contributed by atoms with E-state index < -0.39 is 34.3 Å². The molecule has 0 radical (unpaired) electrons. The molecular formula is C22H17Cl2F3N2O4S. The summed E-state index contributed by atoms with van der Waals surface area (Å²) >= 11 is 12.1. The first kappa shape index (κ1) is 25.7. The fourth-order valence-corrected chi connectivity index (χ4v) is 4.35. The molecule has 0 saturated heterocycles. The molecule has 0 fully saturated rings. The normalized spacial score (nSPS) is 11.7. The van der Waals surface area contributed by atoms with Crippen molar-refractivity contribution >= 4 is 44.8 Å². The lowest BCUT2D eigenvalue weighted by Gasteiger charge is -2.13. The van der Waals surface area contributed by atoms with Gasteiger partial charge in [-0.25, -0.2) is 8.42 Å². The van der Waals surface area contributed by atoms with Crippen LogP contribution in [0.1, 0.15) is 11.1 Å². The molecule has 6 nitrogen and oxygen atoms in total. The van der Waals surface area contributed by atoms with Gasteiger partial charge in [0.1, 0.15) is 5.75 Å². The Morgan fingerprint density at radius 1 is 0.941 bits per heavy atom. The van der Waals surface area contributed by atoms with E-state index in [1.807, 2.05) is 0 Å². The number of carbonyl (C=O) groups is 1.